The topological polar surface area (TPSA) is 99.4 Å². The molecule has 1 aliphatic rings. The van der Waals surface area contributed by atoms with Crippen molar-refractivity contribution in [2.45, 2.75) is 25.9 Å². The van der Waals surface area contributed by atoms with E-state index in [9.17, 15) is 9.59 Å². The minimum Gasteiger partial charge on any atom is -0.481 e. The van der Waals surface area contributed by atoms with Crippen LogP contribution in [0.1, 0.15) is 25.3 Å². The summed E-state index contributed by atoms with van der Waals surface area (Å²) in [5.41, 5.74) is -0.277. The van der Waals surface area contributed by atoms with Gasteiger partial charge in [0.15, 0.2) is 6.10 Å². The van der Waals surface area contributed by atoms with Gasteiger partial charge in [-0.1, -0.05) is 0 Å². The second-order valence-electron chi connectivity index (χ2n) is 5.20. The first-order chi connectivity index (χ1) is 9.97. The van der Waals surface area contributed by atoms with Gasteiger partial charge in [0.25, 0.3) is 5.91 Å². The van der Waals surface area contributed by atoms with Crippen LogP contribution in [0.5, 0.6) is 5.75 Å². The highest BCUT2D eigenvalue weighted by Gasteiger charge is 2.50. The van der Waals surface area contributed by atoms with E-state index < -0.39 is 17.5 Å². The summed E-state index contributed by atoms with van der Waals surface area (Å²) in [6.07, 6.45) is 0.448. The highest BCUT2D eigenvalue weighted by molar-refractivity contribution is 5.83. The van der Waals surface area contributed by atoms with E-state index in [1.807, 2.05) is 6.07 Å². The molecule has 1 aromatic carbocycles. The number of rotatable bonds is 6. The number of hydrogen-bond donors (Lipinski definition) is 2. The molecular formula is C15H16N2O4. The van der Waals surface area contributed by atoms with Crippen molar-refractivity contribution in [2.75, 3.05) is 6.54 Å². The number of nitriles is 1. The number of carboxylic acids is 1. The summed E-state index contributed by atoms with van der Waals surface area (Å²) in [6.45, 7) is 1.72. The van der Waals surface area contributed by atoms with Gasteiger partial charge in [0.1, 0.15) is 5.75 Å². The molecule has 0 aromatic heterocycles. The maximum absolute atomic E-state index is 11.9. The smallest absolute Gasteiger partial charge is 0.311 e. The fourth-order valence-corrected chi connectivity index (χ4v) is 1.88. The average Bonchev–Trinajstić information content (AvgIpc) is 3.26. The summed E-state index contributed by atoms with van der Waals surface area (Å²) in [6, 6.07) is 8.42. The molecule has 0 aliphatic heterocycles. The quantitative estimate of drug-likeness (QED) is 0.822. The van der Waals surface area contributed by atoms with Gasteiger partial charge in [0, 0.05) is 6.54 Å². The zero-order chi connectivity index (χ0) is 15.5. The van der Waals surface area contributed by atoms with E-state index >= 15 is 0 Å². The van der Waals surface area contributed by atoms with E-state index in [1.165, 1.54) is 0 Å². The van der Waals surface area contributed by atoms with Crippen LogP contribution in [-0.4, -0.2) is 29.6 Å². The van der Waals surface area contributed by atoms with Crippen molar-refractivity contribution in [3.05, 3.63) is 29.8 Å². The minimum atomic E-state index is -0.872. The van der Waals surface area contributed by atoms with Crippen molar-refractivity contribution >= 4 is 11.9 Å². The van der Waals surface area contributed by atoms with E-state index in [2.05, 4.69) is 5.32 Å². The summed E-state index contributed by atoms with van der Waals surface area (Å²) in [5, 5.41) is 20.3. The van der Waals surface area contributed by atoms with Crippen LogP contribution in [0, 0.1) is 16.7 Å². The molecule has 2 rings (SSSR count). The van der Waals surface area contributed by atoms with Gasteiger partial charge in [-0.2, -0.15) is 5.26 Å². The molecule has 2 N–H and O–H groups in total. The summed E-state index contributed by atoms with van der Waals surface area (Å²) < 4.78 is 5.45. The van der Waals surface area contributed by atoms with Gasteiger partial charge >= 0.3 is 5.97 Å². The molecule has 0 radical (unpaired) electrons. The van der Waals surface area contributed by atoms with E-state index in [0.29, 0.717) is 24.2 Å². The Morgan fingerprint density at radius 3 is 2.52 bits per heavy atom. The number of nitrogens with one attached hydrogen (secondary N) is 1. The van der Waals surface area contributed by atoms with Crippen LogP contribution >= 0.6 is 0 Å². The highest BCUT2D eigenvalue weighted by Crippen LogP contribution is 2.45. The van der Waals surface area contributed by atoms with Gasteiger partial charge in [-0.3, -0.25) is 9.59 Å². The lowest BCUT2D eigenvalue weighted by Gasteiger charge is -2.16. The number of nitrogens with zero attached hydrogens (tertiary/aromatic N) is 1. The van der Waals surface area contributed by atoms with Gasteiger partial charge in [0.2, 0.25) is 0 Å². The number of carboxylic acid groups (broad SMARTS) is 1. The SMILES string of the molecule is CC(Oc1ccc(C#N)cc1)C(=O)NCC1(C(=O)O)CC1. The molecule has 1 aromatic rings. The Morgan fingerprint density at radius 1 is 1.43 bits per heavy atom. The van der Waals surface area contributed by atoms with Gasteiger partial charge in [-0.15, -0.1) is 0 Å². The van der Waals surface area contributed by atoms with Crippen molar-refractivity contribution in [3.63, 3.8) is 0 Å². The molecule has 6 nitrogen and oxygen atoms in total. The van der Waals surface area contributed by atoms with E-state index in [4.69, 9.17) is 15.1 Å². The van der Waals surface area contributed by atoms with Crippen molar-refractivity contribution < 1.29 is 19.4 Å². The Labute approximate surface area is 122 Å². The molecule has 1 saturated carbocycles. The first-order valence-corrected chi connectivity index (χ1v) is 6.65. The molecule has 0 spiro atoms. The summed E-state index contributed by atoms with van der Waals surface area (Å²) >= 11 is 0. The monoisotopic (exact) mass is 288 g/mol. The third-order valence-corrected chi connectivity index (χ3v) is 3.57. The molecular weight excluding hydrogens is 272 g/mol. The van der Waals surface area contributed by atoms with E-state index in [1.54, 1.807) is 31.2 Å². The molecule has 1 atom stereocenters. The second kappa shape index (κ2) is 5.83. The van der Waals surface area contributed by atoms with E-state index in [0.717, 1.165) is 0 Å². The third kappa shape index (κ3) is 3.51. The molecule has 6 heteroatoms. The van der Waals surface area contributed by atoms with Crippen LogP contribution in [0.15, 0.2) is 24.3 Å². The van der Waals surface area contributed by atoms with Crippen LogP contribution in [0.3, 0.4) is 0 Å². The Morgan fingerprint density at radius 2 is 2.05 bits per heavy atom. The second-order valence-corrected chi connectivity index (χ2v) is 5.20. The van der Waals surface area contributed by atoms with Crippen LogP contribution in [0.2, 0.25) is 0 Å². The Balaban J connectivity index is 1.85. The molecule has 1 unspecified atom stereocenters. The molecule has 0 heterocycles. The highest BCUT2D eigenvalue weighted by atomic mass is 16.5. The third-order valence-electron chi connectivity index (χ3n) is 3.57. The van der Waals surface area contributed by atoms with Crippen molar-refractivity contribution in [3.8, 4) is 11.8 Å². The number of carbonyl (C=O) groups is 2. The number of ether oxygens (including phenoxy) is 1. The first kappa shape index (κ1) is 14.9. The molecule has 21 heavy (non-hydrogen) atoms. The first-order valence-electron chi connectivity index (χ1n) is 6.65. The lowest BCUT2D eigenvalue weighted by atomic mass is 10.1. The summed E-state index contributed by atoms with van der Waals surface area (Å²) in [7, 11) is 0. The van der Waals surface area contributed by atoms with Gasteiger partial charge in [-0.25, -0.2) is 0 Å². The predicted octanol–water partition coefficient (Wildman–Crippen LogP) is 1.31. The average molecular weight is 288 g/mol. The number of carbonyl (C=O) groups excluding carboxylic acids is 1. The zero-order valence-corrected chi connectivity index (χ0v) is 11.6. The zero-order valence-electron chi connectivity index (χ0n) is 11.6. The summed E-state index contributed by atoms with van der Waals surface area (Å²) in [5.74, 6) is -0.744. The lowest BCUT2D eigenvalue weighted by molar-refractivity contribution is -0.143. The predicted molar refractivity (Wildman–Crippen MR) is 73.6 cm³/mol. The number of aliphatic carboxylic acids is 1. The van der Waals surface area contributed by atoms with Gasteiger partial charge < -0.3 is 15.2 Å². The fourth-order valence-electron chi connectivity index (χ4n) is 1.88. The largest absolute Gasteiger partial charge is 0.481 e. The molecule has 0 bridgehead atoms. The summed E-state index contributed by atoms with van der Waals surface area (Å²) in [4.78, 5) is 22.9. The lowest BCUT2D eigenvalue weighted by Crippen LogP contribution is -2.41. The molecule has 1 amide bonds. The maximum atomic E-state index is 11.9. The fraction of sp³-hybridized carbons (Fsp3) is 0.400. The maximum Gasteiger partial charge on any atom is 0.311 e. The van der Waals surface area contributed by atoms with E-state index in [-0.39, 0.29) is 12.5 Å². The molecule has 1 fully saturated rings. The minimum absolute atomic E-state index is 0.127. The van der Waals surface area contributed by atoms with Crippen molar-refractivity contribution in [1.29, 1.82) is 5.26 Å². The standard InChI is InChI=1S/C15H16N2O4/c1-10(21-12-4-2-11(8-16)3-5-12)13(18)17-9-15(6-7-15)14(19)20/h2-5,10H,6-7,9H2,1H3,(H,17,18)(H,19,20). The molecule has 0 saturated heterocycles. The van der Waals surface area contributed by atoms with Crippen LogP contribution < -0.4 is 10.1 Å². The Bertz CT molecular complexity index is 585. The number of amides is 1. The Hall–Kier alpha value is -2.55. The van der Waals surface area contributed by atoms with Gasteiger partial charge in [0.05, 0.1) is 17.0 Å². The Kier molecular flexibility index (Phi) is 4.13. The van der Waals surface area contributed by atoms with Crippen molar-refractivity contribution in [2.24, 2.45) is 5.41 Å². The van der Waals surface area contributed by atoms with Gasteiger partial charge in [-0.05, 0) is 44.0 Å². The number of hydrogen-bond acceptors (Lipinski definition) is 4. The molecule has 110 valence electrons. The normalized spacial score (nSPS) is 16.4. The van der Waals surface area contributed by atoms with Crippen LogP contribution in [0.25, 0.3) is 0 Å². The van der Waals surface area contributed by atoms with Crippen LogP contribution in [-0.2, 0) is 9.59 Å². The molecule has 1 aliphatic carbocycles. The number of benzene rings is 1. The van der Waals surface area contributed by atoms with Crippen molar-refractivity contribution in [1.82, 2.24) is 5.32 Å². The van der Waals surface area contributed by atoms with Crippen LogP contribution in [0.4, 0.5) is 0 Å².